The molecule has 0 bridgehead atoms. The smallest absolute Gasteiger partial charge is 0.268 e. The van der Waals surface area contributed by atoms with Crippen LogP contribution < -0.4 is 10.2 Å². The van der Waals surface area contributed by atoms with Gasteiger partial charge in [0.2, 0.25) is 5.91 Å². The van der Waals surface area contributed by atoms with Gasteiger partial charge in [-0.2, -0.15) is 0 Å². The second-order valence-electron chi connectivity index (χ2n) is 14.6. The van der Waals surface area contributed by atoms with Gasteiger partial charge in [-0.05, 0) is 51.4 Å². The molecule has 288 valence electrons. The number of hydrogen-bond acceptors (Lipinski definition) is 6. The Balaban J connectivity index is 4.53. The van der Waals surface area contributed by atoms with Crippen LogP contribution in [0.25, 0.3) is 0 Å². The van der Waals surface area contributed by atoms with Crippen LogP contribution in [0.2, 0.25) is 0 Å². The van der Waals surface area contributed by atoms with Crippen molar-refractivity contribution in [2.24, 2.45) is 0 Å². The number of aliphatic hydroxyl groups excluding tert-OH is 1. The Morgan fingerprint density at radius 3 is 1.67 bits per heavy atom. The molecule has 0 aliphatic rings. The molecule has 1 amide bonds. The molecule has 0 aromatic carbocycles. The monoisotopic (exact) mass is 713 g/mol. The van der Waals surface area contributed by atoms with Crippen molar-refractivity contribution in [2.45, 2.75) is 174 Å². The molecule has 3 unspecified atom stereocenters. The lowest BCUT2D eigenvalue weighted by Gasteiger charge is -2.29. The number of aliphatic hydroxyl groups is 1. The van der Waals surface area contributed by atoms with E-state index in [1.807, 2.05) is 27.2 Å². The molecule has 49 heavy (non-hydrogen) atoms. The van der Waals surface area contributed by atoms with Gasteiger partial charge in [-0.3, -0.25) is 9.36 Å². The number of likely N-dealkylation sites (N-methyl/N-ethyl adjacent to an activating group) is 1. The Labute approximate surface area is 302 Å². The average Bonchev–Trinajstić information content (AvgIpc) is 3.04. The number of amides is 1. The van der Waals surface area contributed by atoms with Crippen LogP contribution in [0.5, 0.6) is 0 Å². The van der Waals surface area contributed by atoms with Gasteiger partial charge in [0.05, 0.1) is 39.9 Å². The number of rotatable bonds is 35. The molecule has 3 atom stereocenters. The van der Waals surface area contributed by atoms with E-state index in [9.17, 15) is 19.4 Å². The summed E-state index contributed by atoms with van der Waals surface area (Å²) in [5.74, 6) is -0.246. The van der Waals surface area contributed by atoms with E-state index in [4.69, 9.17) is 9.05 Å². The summed E-state index contributed by atoms with van der Waals surface area (Å²) in [6, 6.07) is -0.913. The zero-order valence-electron chi connectivity index (χ0n) is 32.4. The molecule has 0 heterocycles. The van der Waals surface area contributed by atoms with Crippen LogP contribution in [0.4, 0.5) is 0 Å². The van der Waals surface area contributed by atoms with Crippen LogP contribution in [0, 0.1) is 0 Å². The zero-order chi connectivity index (χ0) is 36.5. The van der Waals surface area contributed by atoms with Gasteiger partial charge < -0.3 is 28.8 Å². The van der Waals surface area contributed by atoms with Crippen LogP contribution in [-0.2, 0) is 18.4 Å². The molecule has 0 aromatic rings. The number of nitrogens with one attached hydrogen (secondary N) is 1. The predicted molar refractivity (Wildman–Crippen MR) is 205 cm³/mol. The minimum absolute atomic E-state index is 0.0112. The number of unbranched alkanes of at least 4 members (excludes halogenated alkanes) is 18. The molecular weight excluding hydrogens is 635 g/mol. The summed E-state index contributed by atoms with van der Waals surface area (Å²) < 4.78 is 23.0. The van der Waals surface area contributed by atoms with E-state index in [2.05, 4.69) is 43.5 Å². The molecule has 0 saturated carbocycles. The van der Waals surface area contributed by atoms with Crippen molar-refractivity contribution in [3.8, 4) is 0 Å². The number of phosphoric acid groups is 1. The van der Waals surface area contributed by atoms with Gasteiger partial charge in [-0.25, -0.2) is 0 Å². The number of quaternary nitrogens is 1. The SMILES string of the molecule is CCCCCC/C=C\CCCC(=O)NC(COP(=O)([O-])OCC[N+](C)(C)C)C(O)/C=C/CC/C=C/CCCCCCCCCCCCCC. The third kappa shape index (κ3) is 34.9. The number of phosphoric ester groups is 1. The quantitative estimate of drug-likeness (QED) is 0.0293. The van der Waals surface area contributed by atoms with Crippen molar-refractivity contribution in [1.29, 1.82) is 0 Å². The molecule has 0 aromatic heterocycles. The van der Waals surface area contributed by atoms with Gasteiger partial charge in [0.25, 0.3) is 7.82 Å². The van der Waals surface area contributed by atoms with Crippen molar-refractivity contribution in [2.75, 3.05) is 40.9 Å². The van der Waals surface area contributed by atoms with Gasteiger partial charge >= 0.3 is 0 Å². The first-order chi connectivity index (χ1) is 23.5. The molecule has 0 aliphatic carbocycles. The van der Waals surface area contributed by atoms with Crippen molar-refractivity contribution < 1.29 is 32.9 Å². The maximum atomic E-state index is 12.7. The second-order valence-corrected chi connectivity index (χ2v) is 16.0. The summed E-state index contributed by atoms with van der Waals surface area (Å²) in [4.78, 5) is 25.1. The van der Waals surface area contributed by atoms with Crippen LogP contribution in [-0.4, -0.2) is 68.5 Å². The fourth-order valence-electron chi connectivity index (χ4n) is 5.35. The van der Waals surface area contributed by atoms with Crippen LogP contribution in [0.1, 0.15) is 162 Å². The Morgan fingerprint density at radius 2 is 1.14 bits per heavy atom. The molecule has 0 radical (unpaired) electrons. The lowest BCUT2D eigenvalue weighted by atomic mass is 10.0. The fourth-order valence-corrected chi connectivity index (χ4v) is 6.07. The maximum Gasteiger partial charge on any atom is 0.268 e. The van der Waals surface area contributed by atoms with E-state index in [0.717, 1.165) is 32.1 Å². The van der Waals surface area contributed by atoms with E-state index < -0.39 is 26.6 Å². The average molecular weight is 713 g/mol. The van der Waals surface area contributed by atoms with E-state index in [1.54, 1.807) is 6.08 Å². The van der Waals surface area contributed by atoms with E-state index in [-0.39, 0.29) is 18.9 Å². The van der Waals surface area contributed by atoms with Gasteiger partial charge in [0, 0.05) is 6.42 Å². The van der Waals surface area contributed by atoms with E-state index >= 15 is 0 Å². The minimum Gasteiger partial charge on any atom is -0.756 e. The van der Waals surface area contributed by atoms with Crippen LogP contribution in [0.3, 0.4) is 0 Å². The van der Waals surface area contributed by atoms with Crippen LogP contribution >= 0.6 is 7.82 Å². The Bertz CT molecular complexity index is 902. The topological polar surface area (TPSA) is 108 Å². The standard InChI is InChI=1S/C40H77N2O6P/c1-6-8-10-12-14-16-17-18-19-20-21-22-23-24-26-27-29-31-33-39(43)38(37-48-49(45,46)47-36-35-42(3,4)5)41-40(44)34-32-30-28-25-15-13-11-9-7-2/h24-26,28,31,33,38-39,43H,6-23,27,29-30,32,34-37H2,1-5H3,(H-,41,44,45,46)/b26-24+,28-25-,33-31+. The van der Waals surface area contributed by atoms with Gasteiger partial charge in [0.15, 0.2) is 0 Å². The highest BCUT2D eigenvalue weighted by Gasteiger charge is 2.23. The first-order valence-electron chi connectivity index (χ1n) is 19.9. The molecule has 0 rings (SSSR count). The highest BCUT2D eigenvalue weighted by atomic mass is 31.2. The van der Waals surface area contributed by atoms with Gasteiger partial charge in [-0.15, -0.1) is 0 Å². The van der Waals surface area contributed by atoms with Gasteiger partial charge in [-0.1, -0.05) is 140 Å². The molecule has 0 fully saturated rings. The van der Waals surface area contributed by atoms with E-state index in [1.165, 1.54) is 103 Å². The Kier molecular flexibility index (Phi) is 31.8. The third-order valence-electron chi connectivity index (χ3n) is 8.57. The highest BCUT2D eigenvalue weighted by Crippen LogP contribution is 2.38. The molecule has 0 aliphatic heterocycles. The van der Waals surface area contributed by atoms with Crippen molar-refractivity contribution >= 4 is 13.7 Å². The lowest BCUT2D eigenvalue weighted by molar-refractivity contribution is -0.870. The Hall–Kier alpha value is -1.28. The van der Waals surface area contributed by atoms with Crippen LogP contribution in [0.15, 0.2) is 36.5 Å². The molecule has 2 N–H and O–H groups in total. The normalized spacial score (nSPS) is 15.0. The Morgan fingerprint density at radius 1 is 0.694 bits per heavy atom. The zero-order valence-corrected chi connectivity index (χ0v) is 33.3. The van der Waals surface area contributed by atoms with Gasteiger partial charge in [0.1, 0.15) is 13.2 Å². The number of carbonyl (C=O) groups is 1. The minimum atomic E-state index is -4.59. The summed E-state index contributed by atoms with van der Waals surface area (Å²) in [7, 11) is 1.22. The highest BCUT2D eigenvalue weighted by molar-refractivity contribution is 7.45. The van der Waals surface area contributed by atoms with Crippen molar-refractivity contribution in [3.63, 3.8) is 0 Å². The van der Waals surface area contributed by atoms with Crippen molar-refractivity contribution in [1.82, 2.24) is 5.32 Å². The van der Waals surface area contributed by atoms with Crippen molar-refractivity contribution in [3.05, 3.63) is 36.5 Å². The fraction of sp³-hybridized carbons (Fsp3) is 0.825. The first-order valence-corrected chi connectivity index (χ1v) is 21.3. The van der Waals surface area contributed by atoms with E-state index in [0.29, 0.717) is 17.4 Å². The number of allylic oxidation sites excluding steroid dienone is 5. The largest absolute Gasteiger partial charge is 0.756 e. The summed E-state index contributed by atoms with van der Waals surface area (Å²) in [6.07, 6.45) is 37.8. The molecule has 9 heteroatoms. The summed E-state index contributed by atoms with van der Waals surface area (Å²) >= 11 is 0. The number of nitrogens with zero attached hydrogens (tertiary/aromatic N) is 1. The maximum absolute atomic E-state index is 12.7. The number of hydrogen-bond donors (Lipinski definition) is 2. The summed E-state index contributed by atoms with van der Waals surface area (Å²) in [6.45, 7) is 4.54. The summed E-state index contributed by atoms with van der Waals surface area (Å²) in [5.41, 5.74) is 0. The molecule has 0 saturated heterocycles. The molecule has 0 spiro atoms. The molecular formula is C40H77N2O6P. The summed E-state index contributed by atoms with van der Waals surface area (Å²) in [5, 5.41) is 13.6. The third-order valence-corrected chi connectivity index (χ3v) is 9.54. The molecule has 8 nitrogen and oxygen atoms in total. The second kappa shape index (κ2) is 32.6. The number of carbonyl (C=O) groups excluding carboxylic acids is 1. The predicted octanol–water partition coefficient (Wildman–Crippen LogP) is 9.72. The first kappa shape index (κ1) is 47.7. The lowest BCUT2D eigenvalue weighted by Crippen LogP contribution is -2.45.